The van der Waals surface area contributed by atoms with Gasteiger partial charge in [-0.1, -0.05) is 37.0 Å². The van der Waals surface area contributed by atoms with Crippen molar-refractivity contribution in [3.63, 3.8) is 0 Å². The molecule has 0 fully saturated rings. The van der Waals surface area contributed by atoms with Crippen molar-refractivity contribution in [2.75, 3.05) is 0 Å². The van der Waals surface area contributed by atoms with Gasteiger partial charge in [-0.05, 0) is 41.3 Å². The molecule has 0 saturated heterocycles. The Morgan fingerprint density at radius 2 is 1.95 bits per heavy atom. The fourth-order valence-electron chi connectivity index (χ4n) is 2.00. The summed E-state index contributed by atoms with van der Waals surface area (Å²) in [7, 11) is 0. The highest BCUT2D eigenvalue weighted by Crippen LogP contribution is 2.23. The molecule has 1 heterocycles. The summed E-state index contributed by atoms with van der Waals surface area (Å²) < 4.78 is 2.08. The van der Waals surface area contributed by atoms with Crippen molar-refractivity contribution >= 4 is 23.2 Å². The second kappa shape index (κ2) is 6.00. The molecule has 0 aliphatic carbocycles. The van der Waals surface area contributed by atoms with Crippen LogP contribution < -0.4 is 5.73 Å². The normalized spacial score (nSPS) is 12.9. The van der Waals surface area contributed by atoms with Crippen molar-refractivity contribution in [3.8, 4) is 0 Å². The third-order valence-corrected chi connectivity index (χ3v) is 3.84. The lowest BCUT2D eigenvalue weighted by molar-refractivity contribution is 0.513. The zero-order chi connectivity index (χ0) is 14.0. The van der Waals surface area contributed by atoms with Crippen molar-refractivity contribution in [3.05, 3.63) is 57.8 Å². The fraction of sp³-hybridized carbons (Fsp3) is 0.333. The van der Waals surface area contributed by atoms with Gasteiger partial charge in [-0.25, -0.2) is 0 Å². The number of nitrogens with zero attached hydrogens (tertiary/aromatic N) is 1. The molecule has 1 aromatic carbocycles. The van der Waals surface area contributed by atoms with E-state index in [4.69, 9.17) is 28.9 Å². The monoisotopic (exact) mass is 296 g/mol. The number of rotatable bonds is 4. The van der Waals surface area contributed by atoms with E-state index in [2.05, 4.69) is 30.7 Å². The van der Waals surface area contributed by atoms with Gasteiger partial charge in [0.25, 0.3) is 0 Å². The van der Waals surface area contributed by atoms with Crippen LogP contribution in [0.2, 0.25) is 10.0 Å². The summed E-state index contributed by atoms with van der Waals surface area (Å²) >= 11 is 12.2. The zero-order valence-electron chi connectivity index (χ0n) is 11.1. The van der Waals surface area contributed by atoms with Gasteiger partial charge in [0.1, 0.15) is 0 Å². The smallest absolute Gasteiger partial charge is 0.0485 e. The number of hydrogen-bond donors (Lipinski definition) is 1. The minimum atomic E-state index is 0.0658. The van der Waals surface area contributed by atoms with Gasteiger partial charge < -0.3 is 10.3 Å². The van der Waals surface area contributed by atoms with Crippen molar-refractivity contribution in [1.29, 1.82) is 0 Å². The number of halogens is 2. The SMILES string of the molecule is CC(C)C(N)c1ccn(Cc2cc(Cl)ccc2Cl)c1. The summed E-state index contributed by atoms with van der Waals surface area (Å²) in [4.78, 5) is 0. The topological polar surface area (TPSA) is 30.9 Å². The first-order valence-electron chi connectivity index (χ1n) is 6.32. The maximum atomic E-state index is 6.17. The average Bonchev–Trinajstić information content (AvgIpc) is 2.81. The van der Waals surface area contributed by atoms with E-state index in [0.717, 1.165) is 16.1 Å². The van der Waals surface area contributed by atoms with Crippen LogP contribution in [-0.2, 0) is 6.54 Å². The highest BCUT2D eigenvalue weighted by molar-refractivity contribution is 6.33. The molecule has 102 valence electrons. The lowest BCUT2D eigenvalue weighted by Gasteiger charge is -2.13. The zero-order valence-corrected chi connectivity index (χ0v) is 12.6. The number of benzene rings is 1. The highest BCUT2D eigenvalue weighted by atomic mass is 35.5. The molecule has 0 bridgehead atoms. The van der Waals surface area contributed by atoms with Gasteiger partial charge >= 0.3 is 0 Å². The first kappa shape index (κ1) is 14.4. The Morgan fingerprint density at radius 1 is 1.21 bits per heavy atom. The minimum Gasteiger partial charge on any atom is -0.350 e. The van der Waals surface area contributed by atoms with Crippen LogP contribution >= 0.6 is 23.2 Å². The minimum absolute atomic E-state index is 0.0658. The third-order valence-electron chi connectivity index (χ3n) is 3.24. The predicted octanol–water partition coefficient (Wildman–Crippen LogP) is 4.50. The summed E-state index contributed by atoms with van der Waals surface area (Å²) in [6.07, 6.45) is 4.09. The molecule has 2 aromatic rings. The molecule has 4 heteroatoms. The maximum Gasteiger partial charge on any atom is 0.0485 e. The fourth-order valence-corrected chi connectivity index (χ4v) is 2.37. The molecule has 1 atom stereocenters. The van der Waals surface area contributed by atoms with Gasteiger partial charge in [-0.15, -0.1) is 0 Å². The maximum absolute atomic E-state index is 6.17. The first-order valence-corrected chi connectivity index (χ1v) is 7.08. The second-order valence-electron chi connectivity index (χ2n) is 5.12. The molecule has 0 aliphatic heterocycles. The quantitative estimate of drug-likeness (QED) is 0.885. The van der Waals surface area contributed by atoms with Crippen LogP contribution in [0.15, 0.2) is 36.7 Å². The molecule has 0 saturated carbocycles. The summed E-state index contributed by atoms with van der Waals surface area (Å²) in [5.74, 6) is 0.422. The van der Waals surface area contributed by atoms with Crippen LogP contribution in [0, 0.1) is 5.92 Å². The van der Waals surface area contributed by atoms with Crippen LogP contribution in [0.1, 0.15) is 31.0 Å². The lowest BCUT2D eigenvalue weighted by atomic mass is 10.00. The van der Waals surface area contributed by atoms with Gasteiger partial charge in [-0.3, -0.25) is 0 Å². The Morgan fingerprint density at radius 3 is 2.63 bits per heavy atom. The van der Waals surface area contributed by atoms with E-state index >= 15 is 0 Å². The number of hydrogen-bond acceptors (Lipinski definition) is 1. The Balaban J connectivity index is 2.18. The van der Waals surface area contributed by atoms with Gasteiger partial charge in [0.2, 0.25) is 0 Å². The highest BCUT2D eigenvalue weighted by Gasteiger charge is 2.12. The number of aromatic nitrogens is 1. The summed E-state index contributed by atoms with van der Waals surface area (Å²) in [6, 6.07) is 7.64. The van der Waals surface area contributed by atoms with Crippen LogP contribution in [0.5, 0.6) is 0 Å². The van der Waals surface area contributed by atoms with Crippen molar-refractivity contribution in [2.45, 2.75) is 26.4 Å². The first-order chi connectivity index (χ1) is 8.97. The van der Waals surface area contributed by atoms with Crippen LogP contribution in [-0.4, -0.2) is 4.57 Å². The Labute approximate surface area is 124 Å². The molecule has 2 N–H and O–H groups in total. The molecular formula is C15H18Cl2N2. The van der Waals surface area contributed by atoms with Crippen molar-refractivity contribution in [1.82, 2.24) is 4.57 Å². The molecule has 1 aromatic heterocycles. The van der Waals surface area contributed by atoms with Gasteiger partial charge in [0, 0.05) is 35.0 Å². The van der Waals surface area contributed by atoms with E-state index in [1.807, 2.05) is 18.3 Å². The predicted molar refractivity (Wildman–Crippen MR) is 81.8 cm³/mol. The van der Waals surface area contributed by atoms with Crippen molar-refractivity contribution in [2.24, 2.45) is 11.7 Å². The second-order valence-corrected chi connectivity index (χ2v) is 5.97. The van der Waals surface area contributed by atoms with Crippen molar-refractivity contribution < 1.29 is 0 Å². The molecule has 0 spiro atoms. The molecule has 19 heavy (non-hydrogen) atoms. The van der Waals surface area contributed by atoms with E-state index in [9.17, 15) is 0 Å². The van der Waals surface area contributed by atoms with E-state index in [1.165, 1.54) is 0 Å². The van der Waals surface area contributed by atoms with Gasteiger partial charge in [-0.2, -0.15) is 0 Å². The van der Waals surface area contributed by atoms with Gasteiger partial charge in [0.15, 0.2) is 0 Å². The molecular weight excluding hydrogens is 279 g/mol. The Bertz CT molecular complexity index is 561. The molecule has 0 radical (unpaired) electrons. The standard InChI is InChI=1S/C15H18Cl2N2/c1-10(2)15(18)11-5-6-19(8-11)9-12-7-13(16)3-4-14(12)17/h3-8,10,15H,9,18H2,1-2H3. The summed E-state index contributed by atoms with van der Waals surface area (Å²) in [6.45, 7) is 4.94. The Kier molecular flexibility index (Phi) is 4.56. The van der Waals surface area contributed by atoms with E-state index in [-0.39, 0.29) is 6.04 Å². The molecule has 1 unspecified atom stereocenters. The number of nitrogens with two attached hydrogens (primary N) is 1. The van der Waals surface area contributed by atoms with E-state index in [0.29, 0.717) is 17.5 Å². The van der Waals surface area contributed by atoms with Crippen LogP contribution in [0.3, 0.4) is 0 Å². The summed E-state index contributed by atoms with van der Waals surface area (Å²) in [5.41, 5.74) is 8.29. The summed E-state index contributed by atoms with van der Waals surface area (Å²) in [5, 5.41) is 1.43. The van der Waals surface area contributed by atoms with E-state index in [1.54, 1.807) is 6.07 Å². The van der Waals surface area contributed by atoms with E-state index < -0.39 is 0 Å². The molecule has 2 nitrogen and oxygen atoms in total. The van der Waals surface area contributed by atoms with Crippen LogP contribution in [0.25, 0.3) is 0 Å². The third kappa shape index (κ3) is 3.53. The van der Waals surface area contributed by atoms with Crippen LogP contribution in [0.4, 0.5) is 0 Å². The molecule has 2 rings (SSSR count). The molecule has 0 aliphatic rings. The average molecular weight is 297 g/mol. The molecule has 0 amide bonds. The largest absolute Gasteiger partial charge is 0.350 e. The lowest BCUT2D eigenvalue weighted by Crippen LogP contribution is -2.15. The Hall–Kier alpha value is -0.960. The van der Waals surface area contributed by atoms with Gasteiger partial charge in [0.05, 0.1) is 0 Å².